The second-order valence-electron chi connectivity index (χ2n) is 7.45. The molecule has 0 aliphatic carbocycles. The van der Waals surface area contributed by atoms with Gasteiger partial charge in [-0.15, -0.1) is 0 Å². The smallest absolute Gasteiger partial charge is 0.248 e. The highest BCUT2D eigenvalue weighted by molar-refractivity contribution is 6.04. The SMILES string of the molecule is O=C(Nc1ccc(F)cc1)[C@H]1CC(=O)N(Cc2ccccc2)c2nc3ccccc3n21. The number of benzene rings is 3. The minimum absolute atomic E-state index is 0.00716. The van der Waals surface area contributed by atoms with Crippen LogP contribution < -0.4 is 10.2 Å². The first-order valence-corrected chi connectivity index (χ1v) is 9.98. The molecule has 1 aliphatic heterocycles. The molecule has 3 aromatic carbocycles. The van der Waals surface area contributed by atoms with E-state index in [4.69, 9.17) is 0 Å². The van der Waals surface area contributed by atoms with Gasteiger partial charge >= 0.3 is 0 Å². The first-order chi connectivity index (χ1) is 15.1. The monoisotopic (exact) mass is 414 g/mol. The van der Waals surface area contributed by atoms with Crippen LogP contribution in [0.4, 0.5) is 16.0 Å². The molecule has 0 fully saturated rings. The topological polar surface area (TPSA) is 67.2 Å². The molecule has 31 heavy (non-hydrogen) atoms. The maximum Gasteiger partial charge on any atom is 0.248 e. The van der Waals surface area contributed by atoms with Crippen LogP contribution in [-0.2, 0) is 16.1 Å². The van der Waals surface area contributed by atoms with E-state index in [1.54, 1.807) is 4.90 Å². The molecule has 0 saturated heterocycles. The zero-order valence-electron chi connectivity index (χ0n) is 16.5. The van der Waals surface area contributed by atoms with Gasteiger partial charge in [-0.1, -0.05) is 42.5 Å². The summed E-state index contributed by atoms with van der Waals surface area (Å²) in [5, 5.41) is 2.79. The van der Waals surface area contributed by atoms with Gasteiger partial charge in [0.25, 0.3) is 0 Å². The number of carbonyl (C=O) groups is 2. The lowest BCUT2D eigenvalue weighted by Gasteiger charge is -2.32. The molecule has 0 saturated carbocycles. The predicted octanol–water partition coefficient (Wildman–Crippen LogP) is 4.29. The van der Waals surface area contributed by atoms with Gasteiger partial charge in [-0.2, -0.15) is 0 Å². The van der Waals surface area contributed by atoms with Crippen LogP contribution in [0.3, 0.4) is 0 Å². The minimum atomic E-state index is -0.757. The van der Waals surface area contributed by atoms with E-state index in [9.17, 15) is 14.0 Å². The average Bonchev–Trinajstić information content (AvgIpc) is 3.17. The van der Waals surface area contributed by atoms with Gasteiger partial charge in [0.05, 0.1) is 24.0 Å². The molecular weight excluding hydrogens is 395 g/mol. The van der Waals surface area contributed by atoms with E-state index in [2.05, 4.69) is 10.3 Å². The van der Waals surface area contributed by atoms with Crippen LogP contribution >= 0.6 is 0 Å². The lowest BCUT2D eigenvalue weighted by molar-refractivity contribution is -0.126. The number of fused-ring (bicyclic) bond motifs is 3. The number of anilines is 2. The van der Waals surface area contributed by atoms with E-state index in [-0.39, 0.29) is 24.1 Å². The molecule has 2 heterocycles. The van der Waals surface area contributed by atoms with Crippen LogP contribution in [0.5, 0.6) is 0 Å². The van der Waals surface area contributed by atoms with Crippen LogP contribution in [0, 0.1) is 5.82 Å². The molecule has 0 radical (unpaired) electrons. The fourth-order valence-corrected chi connectivity index (χ4v) is 3.90. The van der Waals surface area contributed by atoms with Crippen molar-refractivity contribution in [3.8, 4) is 0 Å². The molecule has 154 valence electrons. The molecule has 6 nitrogen and oxygen atoms in total. The Hall–Kier alpha value is -4.00. The highest BCUT2D eigenvalue weighted by Gasteiger charge is 2.37. The number of hydrogen-bond donors (Lipinski definition) is 1. The van der Waals surface area contributed by atoms with Gasteiger partial charge < -0.3 is 5.32 Å². The number of amides is 2. The van der Waals surface area contributed by atoms with E-state index in [1.165, 1.54) is 24.3 Å². The first kappa shape index (κ1) is 19.0. The van der Waals surface area contributed by atoms with Crippen LogP contribution in [0.25, 0.3) is 11.0 Å². The molecular formula is C24H19FN4O2. The molecule has 0 spiro atoms. The number of imidazole rings is 1. The van der Waals surface area contributed by atoms with E-state index in [1.807, 2.05) is 59.2 Å². The van der Waals surface area contributed by atoms with Crippen molar-refractivity contribution < 1.29 is 14.0 Å². The lowest BCUT2D eigenvalue weighted by atomic mass is 10.1. The van der Waals surface area contributed by atoms with Gasteiger partial charge in [0.1, 0.15) is 11.9 Å². The molecule has 5 rings (SSSR count). The molecule has 2 amide bonds. The summed E-state index contributed by atoms with van der Waals surface area (Å²) >= 11 is 0. The molecule has 4 aromatic rings. The predicted molar refractivity (Wildman–Crippen MR) is 116 cm³/mol. The van der Waals surface area contributed by atoms with Crippen LogP contribution in [0.15, 0.2) is 78.9 Å². The van der Waals surface area contributed by atoms with Gasteiger partial charge in [0, 0.05) is 5.69 Å². The Labute approximate surface area is 177 Å². The number of rotatable bonds is 4. The second-order valence-corrected chi connectivity index (χ2v) is 7.45. The second kappa shape index (κ2) is 7.68. The van der Waals surface area contributed by atoms with Crippen molar-refractivity contribution in [1.29, 1.82) is 0 Å². The average molecular weight is 414 g/mol. The Morgan fingerprint density at radius 3 is 2.48 bits per heavy atom. The third-order valence-corrected chi connectivity index (χ3v) is 5.40. The molecule has 0 unspecified atom stereocenters. The van der Waals surface area contributed by atoms with Crippen LogP contribution in [0.2, 0.25) is 0 Å². The van der Waals surface area contributed by atoms with Crippen molar-refractivity contribution in [2.75, 3.05) is 10.2 Å². The van der Waals surface area contributed by atoms with Gasteiger partial charge in [-0.05, 0) is 42.0 Å². The maximum atomic E-state index is 13.2. The number of nitrogens with one attached hydrogen (secondary N) is 1. The molecule has 0 bridgehead atoms. The van der Waals surface area contributed by atoms with Gasteiger partial charge in [-0.3, -0.25) is 19.1 Å². The molecule has 1 atom stereocenters. The van der Waals surface area contributed by atoms with Crippen molar-refractivity contribution in [3.63, 3.8) is 0 Å². The van der Waals surface area contributed by atoms with E-state index in [0.717, 1.165) is 11.1 Å². The summed E-state index contributed by atoms with van der Waals surface area (Å²) in [5.74, 6) is -0.458. The highest BCUT2D eigenvalue weighted by atomic mass is 19.1. The number of aromatic nitrogens is 2. The quantitative estimate of drug-likeness (QED) is 0.542. The van der Waals surface area contributed by atoms with E-state index in [0.29, 0.717) is 23.7 Å². The standard InChI is InChI=1S/C24H19FN4O2/c25-17-10-12-18(13-11-17)26-23(31)21-14-22(30)28(15-16-6-2-1-3-7-16)24-27-19-8-4-5-9-20(19)29(21)24/h1-13,21H,14-15H2,(H,26,31)/t21-/m1/s1. The Morgan fingerprint density at radius 2 is 1.71 bits per heavy atom. The molecule has 1 aliphatic rings. The first-order valence-electron chi connectivity index (χ1n) is 9.98. The molecule has 1 N–H and O–H groups in total. The summed E-state index contributed by atoms with van der Waals surface area (Å²) in [5.41, 5.74) is 2.94. The summed E-state index contributed by atoms with van der Waals surface area (Å²) < 4.78 is 15.0. The molecule has 7 heteroatoms. The minimum Gasteiger partial charge on any atom is -0.324 e. The summed E-state index contributed by atoms with van der Waals surface area (Å²) in [4.78, 5) is 32.5. The van der Waals surface area contributed by atoms with Crippen molar-refractivity contribution in [2.24, 2.45) is 0 Å². The fourth-order valence-electron chi connectivity index (χ4n) is 3.90. The summed E-state index contributed by atoms with van der Waals surface area (Å²) in [6.45, 7) is 0.370. The van der Waals surface area contributed by atoms with Crippen molar-refractivity contribution in [2.45, 2.75) is 19.0 Å². The number of carbonyl (C=O) groups excluding carboxylic acids is 2. The van der Waals surface area contributed by atoms with Crippen LogP contribution in [0.1, 0.15) is 18.0 Å². The number of halogens is 1. The van der Waals surface area contributed by atoms with Gasteiger partial charge in [0.15, 0.2) is 0 Å². The van der Waals surface area contributed by atoms with Crippen molar-refractivity contribution in [3.05, 3.63) is 90.2 Å². The Bertz CT molecular complexity index is 1270. The Morgan fingerprint density at radius 1 is 1.00 bits per heavy atom. The number of nitrogens with zero attached hydrogens (tertiary/aromatic N) is 3. The summed E-state index contributed by atoms with van der Waals surface area (Å²) in [6.07, 6.45) is 0.00716. The van der Waals surface area contributed by atoms with E-state index < -0.39 is 6.04 Å². The maximum absolute atomic E-state index is 13.2. The zero-order valence-corrected chi connectivity index (χ0v) is 16.5. The Kier molecular flexibility index (Phi) is 4.71. The normalized spacial score (nSPS) is 15.7. The fraction of sp³-hybridized carbons (Fsp3) is 0.125. The van der Waals surface area contributed by atoms with Crippen molar-refractivity contribution in [1.82, 2.24) is 9.55 Å². The number of hydrogen-bond acceptors (Lipinski definition) is 3. The molecule has 1 aromatic heterocycles. The third kappa shape index (κ3) is 3.54. The van der Waals surface area contributed by atoms with E-state index >= 15 is 0 Å². The van der Waals surface area contributed by atoms with Crippen LogP contribution in [-0.4, -0.2) is 21.4 Å². The lowest BCUT2D eigenvalue weighted by Crippen LogP contribution is -2.42. The third-order valence-electron chi connectivity index (χ3n) is 5.40. The Balaban J connectivity index is 1.54. The summed E-state index contributed by atoms with van der Waals surface area (Å²) in [6, 6.07) is 22.0. The van der Waals surface area contributed by atoms with Crippen molar-refractivity contribution >= 4 is 34.5 Å². The largest absolute Gasteiger partial charge is 0.324 e. The summed E-state index contributed by atoms with van der Waals surface area (Å²) in [7, 11) is 0. The highest BCUT2D eigenvalue weighted by Crippen LogP contribution is 2.35. The number of para-hydroxylation sites is 2. The van der Waals surface area contributed by atoms with Gasteiger partial charge in [-0.25, -0.2) is 9.37 Å². The zero-order chi connectivity index (χ0) is 21.4. The van der Waals surface area contributed by atoms with Gasteiger partial charge in [0.2, 0.25) is 17.8 Å².